The predicted octanol–water partition coefficient (Wildman–Crippen LogP) is 1.44. The first-order valence-corrected chi connectivity index (χ1v) is 6.73. The number of nitrogens with zero attached hydrogens (tertiary/aromatic N) is 3. The van der Waals surface area contributed by atoms with E-state index in [-0.39, 0.29) is 5.95 Å². The van der Waals surface area contributed by atoms with Gasteiger partial charge in [0.2, 0.25) is 5.95 Å². The summed E-state index contributed by atoms with van der Waals surface area (Å²) in [6.07, 6.45) is 1.88. The zero-order valence-corrected chi connectivity index (χ0v) is 9.41. The first-order valence-electron chi connectivity index (χ1n) is 3.41. The van der Waals surface area contributed by atoms with Crippen molar-refractivity contribution in [2.75, 3.05) is 11.5 Å². The third-order valence-electron chi connectivity index (χ3n) is 1.63. The molecule has 0 bridgehead atoms. The molecule has 0 radical (unpaired) electrons. The van der Waals surface area contributed by atoms with Crippen LogP contribution in [0.25, 0.3) is 11.0 Å². The summed E-state index contributed by atoms with van der Waals surface area (Å²) in [6, 6.07) is 1.87. The van der Waals surface area contributed by atoms with Crippen molar-refractivity contribution in [3.63, 3.8) is 0 Å². The van der Waals surface area contributed by atoms with Crippen LogP contribution in [0.15, 0.2) is 12.3 Å². The number of hydrogen-bond donors (Lipinski definition) is 2. The van der Waals surface area contributed by atoms with Crippen LogP contribution in [0.1, 0.15) is 0 Å². The number of hydrogen-bond acceptors (Lipinski definition) is 5. The van der Waals surface area contributed by atoms with Crippen LogP contribution in [0.4, 0.5) is 11.8 Å². The molecule has 68 valence electrons. The number of fused-ring (bicyclic) bond motifs is 1. The summed E-state index contributed by atoms with van der Waals surface area (Å²) in [5.41, 5.74) is 11.9. The Kier molecular flexibility index (Phi) is 2.20. The highest BCUT2D eigenvalue weighted by atomic mass is 127. The molecule has 4 N–H and O–H groups in total. The molecule has 2 heterocycles. The van der Waals surface area contributed by atoms with Crippen LogP contribution >= 0.6 is 30.3 Å². The summed E-state index contributed by atoms with van der Waals surface area (Å²) >= 11 is 2.16. The second kappa shape index (κ2) is 3.22. The summed E-state index contributed by atoms with van der Waals surface area (Å²) in [5, 5.41) is 0.832. The molecule has 0 atom stereocenters. The molecule has 0 amide bonds. The molecule has 0 fully saturated rings. The quantitative estimate of drug-likeness (QED) is 0.779. The monoisotopic (exact) mass is 307 g/mol. The van der Waals surface area contributed by atoms with Gasteiger partial charge in [0.15, 0.2) is 5.65 Å². The van der Waals surface area contributed by atoms with E-state index in [0.717, 1.165) is 11.0 Å². The number of halogens is 1. The molecule has 0 aromatic carbocycles. The van der Waals surface area contributed by atoms with Crippen LogP contribution in [-0.4, -0.2) is 13.9 Å². The van der Waals surface area contributed by atoms with E-state index < -0.39 is 0 Å². The summed E-state index contributed by atoms with van der Waals surface area (Å²) in [4.78, 5) is 7.96. The van der Waals surface area contributed by atoms with E-state index in [0.29, 0.717) is 5.82 Å². The Labute approximate surface area is 90.6 Å². The van der Waals surface area contributed by atoms with Crippen molar-refractivity contribution < 1.29 is 0 Å². The van der Waals surface area contributed by atoms with Crippen LogP contribution in [0.5, 0.6) is 0 Å². The highest BCUT2D eigenvalue weighted by Gasteiger charge is 2.07. The molecule has 0 aliphatic rings. The van der Waals surface area contributed by atoms with Crippen molar-refractivity contribution in [2.24, 2.45) is 0 Å². The first kappa shape index (κ1) is 8.88. The zero-order valence-electron chi connectivity index (χ0n) is 6.44. The van der Waals surface area contributed by atoms with Crippen molar-refractivity contribution in [2.45, 2.75) is 0 Å². The first-order chi connectivity index (χ1) is 6.22. The molecule has 0 unspecified atom stereocenters. The predicted molar refractivity (Wildman–Crippen MR) is 63.4 cm³/mol. The molecule has 7 heteroatoms. The second-order valence-corrected chi connectivity index (χ2v) is 4.13. The third kappa shape index (κ3) is 1.41. The fourth-order valence-electron chi connectivity index (χ4n) is 1.09. The van der Waals surface area contributed by atoms with Gasteiger partial charge in [-0.15, -0.1) is 0 Å². The van der Waals surface area contributed by atoms with Gasteiger partial charge in [-0.25, -0.2) is 0 Å². The van der Waals surface area contributed by atoms with E-state index in [4.69, 9.17) is 11.5 Å². The van der Waals surface area contributed by atoms with Crippen LogP contribution in [-0.2, 0) is 0 Å². The molecule has 0 aliphatic carbocycles. The second-order valence-electron chi connectivity index (χ2n) is 2.41. The highest BCUT2D eigenvalue weighted by molar-refractivity contribution is 14.2. The fourth-order valence-corrected chi connectivity index (χ4v) is 2.35. The van der Waals surface area contributed by atoms with E-state index in [9.17, 15) is 0 Å². The minimum Gasteiger partial charge on any atom is -0.383 e. The number of nitrogen functional groups attached to an aromatic ring is 2. The number of rotatable bonds is 1. The van der Waals surface area contributed by atoms with E-state index in [1.165, 1.54) is 9.12 Å². The Morgan fingerprint density at radius 2 is 2.15 bits per heavy atom. The standard InChI is InChI=1S/C6H6IN5S/c7-13-12-2-1-3-4(8)10-6(9)11-5(3)12/h1-2H,(H4,8,9,10,11). The minimum absolute atomic E-state index is 0.204. The molecule has 0 spiro atoms. The summed E-state index contributed by atoms with van der Waals surface area (Å²) < 4.78 is 1.88. The van der Waals surface area contributed by atoms with Gasteiger partial charge in [0.25, 0.3) is 0 Å². The third-order valence-corrected chi connectivity index (χ3v) is 3.35. The summed E-state index contributed by atoms with van der Waals surface area (Å²) in [5.74, 6) is 0.627. The van der Waals surface area contributed by atoms with E-state index in [2.05, 4.69) is 31.2 Å². The Hall–Kier alpha value is -0.700. The smallest absolute Gasteiger partial charge is 0.224 e. The lowest BCUT2D eigenvalue weighted by Gasteiger charge is -1.99. The molecular weight excluding hydrogens is 301 g/mol. The molecule has 2 aromatic rings. The van der Waals surface area contributed by atoms with Crippen LogP contribution in [0.3, 0.4) is 0 Å². The zero-order chi connectivity index (χ0) is 9.42. The molecule has 2 rings (SSSR count). The van der Waals surface area contributed by atoms with Gasteiger partial charge >= 0.3 is 0 Å². The fraction of sp³-hybridized carbons (Fsp3) is 0. The van der Waals surface area contributed by atoms with Gasteiger partial charge < -0.3 is 11.5 Å². The molecule has 0 saturated carbocycles. The topological polar surface area (TPSA) is 82.7 Å². The van der Waals surface area contributed by atoms with Gasteiger partial charge in [-0.1, -0.05) is 0 Å². The van der Waals surface area contributed by atoms with Crippen LogP contribution in [0, 0.1) is 0 Å². The maximum Gasteiger partial charge on any atom is 0.224 e. The molecule has 5 nitrogen and oxygen atoms in total. The molecule has 13 heavy (non-hydrogen) atoms. The maximum absolute atomic E-state index is 5.67. The summed E-state index contributed by atoms with van der Waals surface area (Å²) in [6.45, 7) is 0. The van der Waals surface area contributed by atoms with Gasteiger partial charge in [-0.2, -0.15) is 9.97 Å². The Balaban J connectivity index is 2.82. The highest BCUT2D eigenvalue weighted by Crippen LogP contribution is 2.26. The normalized spacial score (nSPS) is 10.8. The lowest BCUT2D eigenvalue weighted by atomic mass is 10.4. The van der Waals surface area contributed by atoms with E-state index in [1.807, 2.05) is 16.2 Å². The van der Waals surface area contributed by atoms with Crippen LogP contribution in [0.2, 0.25) is 0 Å². The van der Waals surface area contributed by atoms with Crippen molar-refractivity contribution in [1.82, 2.24) is 13.9 Å². The van der Waals surface area contributed by atoms with Gasteiger partial charge in [-0.05, 0) is 6.07 Å². The number of aromatic nitrogens is 3. The lowest BCUT2D eigenvalue weighted by Crippen LogP contribution is -2.00. The molecule has 2 aromatic heterocycles. The van der Waals surface area contributed by atoms with Crippen LogP contribution < -0.4 is 11.5 Å². The Bertz CT molecular complexity index is 453. The van der Waals surface area contributed by atoms with E-state index in [1.54, 1.807) is 0 Å². The van der Waals surface area contributed by atoms with Crippen molar-refractivity contribution in [3.05, 3.63) is 12.3 Å². The van der Waals surface area contributed by atoms with Gasteiger partial charge in [0, 0.05) is 36.5 Å². The summed E-state index contributed by atoms with van der Waals surface area (Å²) in [7, 11) is 1.51. The van der Waals surface area contributed by atoms with Crippen molar-refractivity contribution in [1.29, 1.82) is 0 Å². The lowest BCUT2D eigenvalue weighted by molar-refractivity contribution is 1.20. The van der Waals surface area contributed by atoms with Gasteiger partial charge in [0.1, 0.15) is 5.82 Å². The Morgan fingerprint density at radius 3 is 2.85 bits per heavy atom. The van der Waals surface area contributed by atoms with Gasteiger partial charge in [-0.3, -0.25) is 3.97 Å². The maximum atomic E-state index is 5.67. The molecular formula is C6H6IN5S. The Morgan fingerprint density at radius 1 is 1.38 bits per heavy atom. The average molecular weight is 307 g/mol. The van der Waals surface area contributed by atoms with E-state index >= 15 is 0 Å². The number of anilines is 2. The van der Waals surface area contributed by atoms with Crippen molar-refractivity contribution in [3.8, 4) is 0 Å². The average Bonchev–Trinajstić information content (AvgIpc) is 2.47. The SMILES string of the molecule is Nc1nc(N)c2ccn(SI)c2n1. The number of nitrogens with two attached hydrogens (primary N) is 2. The largest absolute Gasteiger partial charge is 0.383 e. The molecule has 0 aliphatic heterocycles. The molecule has 0 saturated heterocycles. The minimum atomic E-state index is 0.204. The van der Waals surface area contributed by atoms with Crippen molar-refractivity contribution >= 4 is 53.1 Å². The van der Waals surface area contributed by atoms with Gasteiger partial charge in [0.05, 0.1) is 5.39 Å².